The van der Waals surface area contributed by atoms with Crippen LogP contribution in [0.25, 0.3) is 0 Å². The Labute approximate surface area is 127 Å². The van der Waals surface area contributed by atoms with E-state index in [1.54, 1.807) is 0 Å². The maximum Gasteiger partial charge on any atom is 0.149 e. The summed E-state index contributed by atoms with van der Waals surface area (Å²) in [6.45, 7) is 4.33. The molecule has 1 N–H and O–H groups in total. The van der Waals surface area contributed by atoms with Crippen LogP contribution in [0.5, 0.6) is 0 Å². The molecular weight excluding hydrogens is 296 g/mol. The Bertz CT molecular complexity index is 532. The van der Waals surface area contributed by atoms with E-state index in [0.29, 0.717) is 11.6 Å². The summed E-state index contributed by atoms with van der Waals surface area (Å²) in [5.41, 5.74) is 1.98. The fourth-order valence-electron chi connectivity index (χ4n) is 1.80. The van der Waals surface area contributed by atoms with E-state index in [1.165, 1.54) is 6.26 Å². The highest BCUT2D eigenvalue weighted by Crippen LogP contribution is 2.26. The van der Waals surface area contributed by atoms with Crippen LogP contribution in [0.3, 0.4) is 0 Å². The molecule has 1 aromatic carbocycles. The van der Waals surface area contributed by atoms with Crippen LogP contribution < -0.4 is 10.2 Å². The van der Waals surface area contributed by atoms with E-state index in [-0.39, 0.29) is 5.75 Å². The molecule has 4 nitrogen and oxygen atoms in total. The molecule has 0 saturated carbocycles. The Morgan fingerprint density at radius 2 is 2.05 bits per heavy atom. The average Bonchev–Trinajstić information content (AvgIpc) is 2.35. The summed E-state index contributed by atoms with van der Waals surface area (Å²) in [5, 5.41) is 3.97. The van der Waals surface area contributed by atoms with Gasteiger partial charge in [0.15, 0.2) is 0 Å². The lowest BCUT2D eigenvalue weighted by molar-refractivity contribution is 0.601. The number of nitrogens with one attached hydrogen (secondary N) is 1. The predicted molar refractivity (Wildman–Crippen MR) is 86.4 cm³/mol. The predicted octanol–water partition coefficient (Wildman–Crippen LogP) is 2.32. The Kier molecular flexibility index (Phi) is 6.79. The lowest BCUT2D eigenvalue weighted by Crippen LogP contribution is -2.25. The van der Waals surface area contributed by atoms with Gasteiger partial charge in [0.25, 0.3) is 0 Å². The smallest absolute Gasteiger partial charge is 0.149 e. The second kappa shape index (κ2) is 7.86. The maximum atomic E-state index is 11.2. The van der Waals surface area contributed by atoms with Crippen LogP contribution in [-0.4, -0.2) is 40.6 Å². The SMILES string of the molecule is CCCNCc1ccc(N(C)CCS(C)(=O)=O)c(Cl)c1. The molecule has 0 aliphatic rings. The Balaban J connectivity index is 2.67. The molecule has 0 aliphatic carbocycles. The zero-order chi connectivity index (χ0) is 15.2. The van der Waals surface area contributed by atoms with E-state index in [9.17, 15) is 8.42 Å². The molecule has 0 radical (unpaired) electrons. The van der Waals surface area contributed by atoms with Crippen LogP contribution >= 0.6 is 11.6 Å². The second-order valence-corrected chi connectivity index (χ2v) is 7.68. The molecule has 0 bridgehead atoms. The van der Waals surface area contributed by atoms with Crippen LogP contribution in [0.15, 0.2) is 18.2 Å². The van der Waals surface area contributed by atoms with E-state index in [2.05, 4.69) is 12.2 Å². The van der Waals surface area contributed by atoms with E-state index in [4.69, 9.17) is 11.6 Å². The van der Waals surface area contributed by atoms with Crippen LogP contribution in [0.1, 0.15) is 18.9 Å². The first-order valence-corrected chi connectivity index (χ1v) is 9.15. The van der Waals surface area contributed by atoms with Gasteiger partial charge in [-0.05, 0) is 30.7 Å². The van der Waals surface area contributed by atoms with E-state index in [0.717, 1.165) is 30.8 Å². The van der Waals surface area contributed by atoms with Gasteiger partial charge < -0.3 is 10.2 Å². The monoisotopic (exact) mass is 318 g/mol. The van der Waals surface area contributed by atoms with Gasteiger partial charge in [0, 0.05) is 26.4 Å². The van der Waals surface area contributed by atoms with Crippen molar-refractivity contribution in [3.8, 4) is 0 Å². The maximum absolute atomic E-state index is 11.2. The van der Waals surface area contributed by atoms with Crippen molar-refractivity contribution in [1.82, 2.24) is 5.32 Å². The Morgan fingerprint density at radius 1 is 1.35 bits per heavy atom. The molecule has 0 spiro atoms. The highest BCUT2D eigenvalue weighted by Gasteiger charge is 2.10. The first-order chi connectivity index (χ1) is 9.33. The van der Waals surface area contributed by atoms with Crippen molar-refractivity contribution >= 4 is 27.1 Å². The topological polar surface area (TPSA) is 49.4 Å². The molecule has 20 heavy (non-hydrogen) atoms. The number of anilines is 1. The highest BCUT2D eigenvalue weighted by atomic mass is 35.5. The summed E-state index contributed by atoms with van der Waals surface area (Å²) >= 11 is 6.27. The summed E-state index contributed by atoms with van der Waals surface area (Å²) in [6.07, 6.45) is 2.34. The molecule has 1 rings (SSSR count). The fourth-order valence-corrected chi connectivity index (χ4v) is 2.76. The molecule has 1 aromatic rings. The number of nitrogens with zero attached hydrogens (tertiary/aromatic N) is 1. The molecule has 0 saturated heterocycles. The minimum Gasteiger partial charge on any atom is -0.372 e. The van der Waals surface area contributed by atoms with Crippen LogP contribution in [0, 0.1) is 0 Å². The standard InChI is InChI=1S/C14H23ClN2O2S/c1-4-7-16-11-12-5-6-14(13(15)10-12)17(2)8-9-20(3,18)19/h5-6,10,16H,4,7-9,11H2,1-3H3. The lowest BCUT2D eigenvalue weighted by atomic mass is 10.2. The summed E-state index contributed by atoms with van der Waals surface area (Å²) < 4.78 is 22.4. The third-order valence-corrected chi connectivity index (χ3v) is 4.20. The highest BCUT2D eigenvalue weighted by molar-refractivity contribution is 7.90. The molecule has 0 aromatic heterocycles. The van der Waals surface area contributed by atoms with Gasteiger partial charge in [-0.2, -0.15) is 0 Å². The summed E-state index contributed by atoms with van der Waals surface area (Å²) in [4.78, 5) is 1.87. The molecule has 0 heterocycles. The largest absolute Gasteiger partial charge is 0.372 e. The summed E-state index contributed by atoms with van der Waals surface area (Å²) in [5.74, 6) is 0.125. The van der Waals surface area contributed by atoms with Gasteiger partial charge >= 0.3 is 0 Å². The van der Waals surface area contributed by atoms with Gasteiger partial charge in [-0.15, -0.1) is 0 Å². The molecule has 6 heteroatoms. The third-order valence-electron chi connectivity index (χ3n) is 2.98. The van der Waals surface area contributed by atoms with Crippen molar-refractivity contribution in [2.75, 3.05) is 37.0 Å². The third kappa shape index (κ3) is 6.11. The minimum absolute atomic E-state index is 0.125. The molecule has 0 amide bonds. The molecule has 0 unspecified atom stereocenters. The van der Waals surface area contributed by atoms with E-state index in [1.807, 2.05) is 30.1 Å². The number of hydrogen-bond acceptors (Lipinski definition) is 4. The molecule has 0 aliphatic heterocycles. The zero-order valence-electron chi connectivity index (χ0n) is 12.3. The van der Waals surface area contributed by atoms with Crippen LogP contribution in [-0.2, 0) is 16.4 Å². The number of halogens is 1. The fraction of sp³-hybridized carbons (Fsp3) is 0.571. The number of rotatable bonds is 8. The number of sulfone groups is 1. The molecule has 0 atom stereocenters. The zero-order valence-corrected chi connectivity index (χ0v) is 13.9. The van der Waals surface area contributed by atoms with Crippen molar-refractivity contribution in [3.63, 3.8) is 0 Å². The van der Waals surface area contributed by atoms with E-state index >= 15 is 0 Å². The van der Waals surface area contributed by atoms with Gasteiger partial charge in [0.2, 0.25) is 0 Å². The first kappa shape index (κ1) is 17.3. The van der Waals surface area contributed by atoms with Crippen LogP contribution in [0.4, 0.5) is 5.69 Å². The minimum atomic E-state index is -2.96. The van der Waals surface area contributed by atoms with Gasteiger partial charge in [-0.3, -0.25) is 0 Å². The van der Waals surface area contributed by atoms with Crippen molar-refractivity contribution < 1.29 is 8.42 Å². The second-order valence-electron chi connectivity index (χ2n) is 5.01. The van der Waals surface area contributed by atoms with Crippen molar-refractivity contribution in [3.05, 3.63) is 28.8 Å². The quantitative estimate of drug-likeness (QED) is 0.747. The Hall–Kier alpha value is -0.780. The van der Waals surface area contributed by atoms with Crippen molar-refractivity contribution in [2.24, 2.45) is 0 Å². The molecular formula is C14H23ClN2O2S. The number of benzene rings is 1. The Morgan fingerprint density at radius 3 is 2.60 bits per heavy atom. The van der Waals surface area contributed by atoms with Gasteiger partial charge in [-0.25, -0.2) is 8.42 Å². The summed E-state index contributed by atoms with van der Waals surface area (Å²) in [6, 6.07) is 5.88. The van der Waals surface area contributed by atoms with Gasteiger partial charge in [0.05, 0.1) is 16.5 Å². The number of hydrogen-bond donors (Lipinski definition) is 1. The lowest BCUT2D eigenvalue weighted by Gasteiger charge is -2.20. The van der Waals surface area contributed by atoms with Crippen molar-refractivity contribution in [1.29, 1.82) is 0 Å². The van der Waals surface area contributed by atoms with Crippen LogP contribution in [0.2, 0.25) is 5.02 Å². The van der Waals surface area contributed by atoms with E-state index < -0.39 is 9.84 Å². The summed E-state index contributed by atoms with van der Waals surface area (Å²) in [7, 11) is -1.11. The normalized spacial score (nSPS) is 11.6. The average molecular weight is 319 g/mol. The van der Waals surface area contributed by atoms with Crippen molar-refractivity contribution in [2.45, 2.75) is 19.9 Å². The molecule has 114 valence electrons. The van der Waals surface area contributed by atoms with Gasteiger partial charge in [-0.1, -0.05) is 24.6 Å². The first-order valence-electron chi connectivity index (χ1n) is 6.71. The van der Waals surface area contributed by atoms with Gasteiger partial charge in [0.1, 0.15) is 9.84 Å². The molecule has 0 fully saturated rings.